The van der Waals surface area contributed by atoms with Gasteiger partial charge in [0.2, 0.25) is 0 Å². The fourth-order valence-corrected chi connectivity index (χ4v) is 3.36. The lowest BCUT2D eigenvalue weighted by Gasteiger charge is -2.27. The predicted molar refractivity (Wildman–Crippen MR) is 111 cm³/mol. The molecule has 2 atom stereocenters. The highest BCUT2D eigenvalue weighted by molar-refractivity contribution is 6.01. The third kappa shape index (κ3) is 6.73. The van der Waals surface area contributed by atoms with E-state index in [0.29, 0.717) is 32.7 Å². The second-order valence-corrected chi connectivity index (χ2v) is 7.28. The highest BCUT2D eigenvalue weighted by Gasteiger charge is 2.26. The fourth-order valence-electron chi connectivity index (χ4n) is 3.36. The van der Waals surface area contributed by atoms with Gasteiger partial charge in [0.1, 0.15) is 17.7 Å². The Balaban J connectivity index is 1.61. The van der Waals surface area contributed by atoms with Crippen LogP contribution in [0, 0.1) is 11.6 Å². The van der Waals surface area contributed by atoms with Crippen molar-refractivity contribution in [3.63, 3.8) is 0 Å². The van der Waals surface area contributed by atoms with E-state index in [1.807, 2.05) is 11.0 Å². The van der Waals surface area contributed by atoms with Crippen molar-refractivity contribution in [1.29, 1.82) is 0 Å². The zero-order chi connectivity index (χ0) is 21.3. The molecule has 0 aliphatic carbocycles. The summed E-state index contributed by atoms with van der Waals surface area (Å²) in [5.74, 6) is -0.606. The van der Waals surface area contributed by atoms with Gasteiger partial charge in [-0.2, -0.15) is 0 Å². The van der Waals surface area contributed by atoms with Gasteiger partial charge in [0.25, 0.3) is 0 Å². The molecule has 1 heterocycles. The van der Waals surface area contributed by atoms with E-state index in [9.17, 15) is 13.9 Å². The number of oxime groups is 1. The lowest BCUT2D eigenvalue weighted by atomic mass is 10.0. The minimum Gasteiger partial charge on any atom is -0.390 e. The normalized spacial score (nSPS) is 16.9. The van der Waals surface area contributed by atoms with Crippen molar-refractivity contribution in [1.82, 2.24) is 4.90 Å². The topological polar surface area (TPSA) is 54.3 Å². The van der Waals surface area contributed by atoms with Gasteiger partial charge in [-0.3, -0.25) is 4.90 Å². The van der Waals surface area contributed by atoms with Gasteiger partial charge in [-0.15, -0.1) is 6.58 Å². The highest BCUT2D eigenvalue weighted by Crippen LogP contribution is 2.19. The SMILES string of the molecule is C=CCOC[C@H](O)CN(Cc1cccc(F)c1)C[C@H]1CC(c2ccc(F)cc2)=NO1. The number of aliphatic hydroxyl groups is 1. The molecule has 1 N–H and O–H groups in total. The molecule has 7 heteroatoms. The summed E-state index contributed by atoms with van der Waals surface area (Å²) < 4.78 is 32.1. The van der Waals surface area contributed by atoms with Gasteiger partial charge in [-0.05, 0) is 35.4 Å². The smallest absolute Gasteiger partial charge is 0.145 e. The first-order valence-corrected chi connectivity index (χ1v) is 9.85. The predicted octanol–water partition coefficient (Wildman–Crippen LogP) is 3.52. The Hall–Kier alpha value is -2.61. The Kier molecular flexibility index (Phi) is 8.07. The molecule has 30 heavy (non-hydrogen) atoms. The van der Waals surface area contributed by atoms with Crippen LogP contribution in [0.15, 0.2) is 66.3 Å². The van der Waals surface area contributed by atoms with Gasteiger partial charge in [0.05, 0.1) is 25.0 Å². The number of benzene rings is 2. The van der Waals surface area contributed by atoms with Crippen LogP contribution in [0.4, 0.5) is 8.78 Å². The van der Waals surface area contributed by atoms with Crippen LogP contribution in [0.5, 0.6) is 0 Å². The molecule has 5 nitrogen and oxygen atoms in total. The molecule has 3 rings (SSSR count). The van der Waals surface area contributed by atoms with E-state index in [2.05, 4.69) is 11.7 Å². The van der Waals surface area contributed by atoms with E-state index in [-0.39, 0.29) is 24.3 Å². The van der Waals surface area contributed by atoms with Crippen molar-refractivity contribution in [3.05, 3.63) is 83.9 Å². The number of nitrogens with zero attached hydrogens (tertiary/aromatic N) is 2. The van der Waals surface area contributed by atoms with Crippen LogP contribution in [-0.2, 0) is 16.1 Å². The lowest BCUT2D eigenvalue weighted by molar-refractivity contribution is 0.00334. The third-order valence-corrected chi connectivity index (χ3v) is 4.68. The maximum atomic E-state index is 13.6. The summed E-state index contributed by atoms with van der Waals surface area (Å²) in [6, 6.07) is 12.5. The molecular weight excluding hydrogens is 390 g/mol. The number of hydrogen-bond acceptors (Lipinski definition) is 5. The largest absolute Gasteiger partial charge is 0.390 e. The molecule has 2 aromatic carbocycles. The Morgan fingerprint density at radius 2 is 2.03 bits per heavy atom. The molecule has 1 aliphatic heterocycles. The molecule has 0 aromatic heterocycles. The van der Waals surface area contributed by atoms with E-state index >= 15 is 0 Å². The number of hydrogen-bond donors (Lipinski definition) is 1. The first kappa shape index (κ1) is 22.1. The number of halogens is 2. The molecular formula is C23H26F2N2O3. The number of aliphatic hydroxyl groups excluding tert-OH is 1. The summed E-state index contributed by atoms with van der Waals surface area (Å²) in [6.07, 6.45) is 1.25. The molecule has 0 unspecified atom stereocenters. The van der Waals surface area contributed by atoms with Crippen LogP contribution in [0.25, 0.3) is 0 Å². The molecule has 0 fully saturated rings. The molecule has 0 spiro atoms. The number of rotatable bonds is 11. The Labute approximate surface area is 175 Å². The highest BCUT2D eigenvalue weighted by atomic mass is 19.1. The molecule has 160 valence electrons. The molecule has 1 aliphatic rings. The van der Waals surface area contributed by atoms with Gasteiger partial charge < -0.3 is 14.7 Å². The monoisotopic (exact) mass is 416 g/mol. The summed E-state index contributed by atoms with van der Waals surface area (Å²) >= 11 is 0. The first-order chi connectivity index (χ1) is 14.5. The number of ether oxygens (including phenoxy) is 1. The standard InChI is InChI=1S/C23H26F2N2O3/c1-2-10-29-16-21(28)14-27(13-17-4-3-5-20(25)11-17)15-22-12-23(26-30-22)18-6-8-19(24)9-7-18/h2-9,11,21-22,28H,1,10,12-16H2/t21-,22-/m1/s1. The maximum absolute atomic E-state index is 13.6. The van der Waals surface area contributed by atoms with Crippen molar-refractivity contribution < 1.29 is 23.5 Å². The van der Waals surface area contributed by atoms with Gasteiger partial charge in [0, 0.05) is 26.1 Å². The van der Waals surface area contributed by atoms with Crippen LogP contribution < -0.4 is 0 Å². The lowest BCUT2D eigenvalue weighted by Crippen LogP contribution is -2.39. The van der Waals surface area contributed by atoms with E-state index in [0.717, 1.165) is 16.8 Å². The van der Waals surface area contributed by atoms with Gasteiger partial charge in [-0.25, -0.2) is 8.78 Å². The van der Waals surface area contributed by atoms with E-state index < -0.39 is 6.10 Å². The summed E-state index contributed by atoms with van der Waals surface area (Å²) in [5, 5.41) is 14.5. The zero-order valence-corrected chi connectivity index (χ0v) is 16.7. The van der Waals surface area contributed by atoms with Crippen molar-refractivity contribution in [2.24, 2.45) is 5.16 Å². The quantitative estimate of drug-likeness (QED) is 0.450. The minimum atomic E-state index is -0.711. The van der Waals surface area contributed by atoms with Crippen molar-refractivity contribution >= 4 is 5.71 Å². The average Bonchev–Trinajstić information content (AvgIpc) is 3.17. The zero-order valence-electron chi connectivity index (χ0n) is 16.7. The molecule has 0 saturated carbocycles. The average molecular weight is 416 g/mol. The summed E-state index contributed by atoms with van der Waals surface area (Å²) in [5.41, 5.74) is 2.36. The van der Waals surface area contributed by atoms with Crippen molar-refractivity contribution in [2.45, 2.75) is 25.2 Å². The van der Waals surface area contributed by atoms with Crippen LogP contribution in [0.3, 0.4) is 0 Å². The van der Waals surface area contributed by atoms with E-state index in [1.165, 1.54) is 24.3 Å². The Morgan fingerprint density at radius 3 is 2.77 bits per heavy atom. The van der Waals surface area contributed by atoms with E-state index in [1.54, 1.807) is 24.3 Å². The summed E-state index contributed by atoms with van der Waals surface area (Å²) in [7, 11) is 0. The summed E-state index contributed by atoms with van der Waals surface area (Å²) in [4.78, 5) is 7.57. The van der Waals surface area contributed by atoms with Crippen molar-refractivity contribution in [3.8, 4) is 0 Å². The second kappa shape index (κ2) is 11.0. The Bertz CT molecular complexity index is 858. The van der Waals surface area contributed by atoms with Crippen LogP contribution in [0.2, 0.25) is 0 Å². The van der Waals surface area contributed by atoms with Gasteiger partial charge >= 0.3 is 0 Å². The molecule has 0 amide bonds. The van der Waals surface area contributed by atoms with Gasteiger partial charge in [-0.1, -0.05) is 35.5 Å². The third-order valence-electron chi connectivity index (χ3n) is 4.68. The minimum absolute atomic E-state index is 0.175. The maximum Gasteiger partial charge on any atom is 0.145 e. The second-order valence-electron chi connectivity index (χ2n) is 7.28. The molecule has 0 bridgehead atoms. The van der Waals surface area contributed by atoms with Crippen LogP contribution in [0.1, 0.15) is 17.5 Å². The summed E-state index contributed by atoms with van der Waals surface area (Å²) in [6.45, 7) is 5.39. The van der Waals surface area contributed by atoms with E-state index in [4.69, 9.17) is 9.57 Å². The van der Waals surface area contributed by atoms with Crippen LogP contribution >= 0.6 is 0 Å². The van der Waals surface area contributed by atoms with Crippen molar-refractivity contribution in [2.75, 3.05) is 26.3 Å². The molecule has 0 radical (unpaired) electrons. The Morgan fingerprint density at radius 1 is 1.23 bits per heavy atom. The molecule has 0 saturated heterocycles. The first-order valence-electron chi connectivity index (χ1n) is 9.85. The molecule has 2 aromatic rings. The van der Waals surface area contributed by atoms with Gasteiger partial charge in [0.15, 0.2) is 0 Å². The fraction of sp³-hybridized carbons (Fsp3) is 0.348. The van der Waals surface area contributed by atoms with Crippen LogP contribution in [-0.4, -0.2) is 54.2 Å².